The zero-order chi connectivity index (χ0) is 22.0. The normalized spacial score (nSPS) is 16.0. The monoisotopic (exact) mass is 445 g/mol. The van der Waals surface area contributed by atoms with Crippen molar-refractivity contribution in [3.8, 4) is 0 Å². The van der Waals surface area contributed by atoms with Crippen molar-refractivity contribution in [3.63, 3.8) is 0 Å². The minimum absolute atomic E-state index is 0.235. The molecule has 2 aromatic heterocycles. The highest BCUT2D eigenvalue weighted by atomic mass is 32.2. The van der Waals surface area contributed by atoms with Gasteiger partial charge in [0, 0.05) is 37.9 Å². The average Bonchev–Trinajstić information content (AvgIpc) is 3.24. The largest absolute Gasteiger partial charge is 0.393 e. The molecule has 1 fully saturated rings. The van der Waals surface area contributed by atoms with Crippen LogP contribution in [0.3, 0.4) is 0 Å². The van der Waals surface area contributed by atoms with E-state index in [-0.39, 0.29) is 4.90 Å². The van der Waals surface area contributed by atoms with Crippen molar-refractivity contribution in [2.75, 3.05) is 36.4 Å². The van der Waals surface area contributed by atoms with Crippen LogP contribution >= 0.6 is 0 Å². The number of sulfonamides is 1. The van der Waals surface area contributed by atoms with Gasteiger partial charge in [0.05, 0.1) is 11.0 Å². The van der Waals surface area contributed by atoms with Crippen LogP contribution in [0.1, 0.15) is 26.7 Å². The number of hydrogen-bond acceptors (Lipinski definition) is 8. The SMILES string of the molecule is CCN(CC)c1cc(Nc2ccc(S(=O)(=O)N3CCC(O)CC3)cc2)n2ncnc2n1. The van der Waals surface area contributed by atoms with Gasteiger partial charge in [-0.05, 0) is 51.0 Å². The van der Waals surface area contributed by atoms with Crippen molar-refractivity contribution in [1.29, 1.82) is 0 Å². The summed E-state index contributed by atoms with van der Waals surface area (Å²) in [6.45, 7) is 6.42. The average molecular weight is 446 g/mol. The molecule has 0 amide bonds. The summed E-state index contributed by atoms with van der Waals surface area (Å²) in [5, 5.41) is 17.2. The maximum absolute atomic E-state index is 12.9. The molecule has 1 aromatic carbocycles. The third-order valence-electron chi connectivity index (χ3n) is 5.51. The molecule has 3 heterocycles. The first-order valence-corrected chi connectivity index (χ1v) is 11.9. The fraction of sp³-hybridized carbons (Fsp3) is 0.450. The first kappa shape index (κ1) is 21.5. The summed E-state index contributed by atoms with van der Waals surface area (Å²) >= 11 is 0. The molecule has 166 valence electrons. The van der Waals surface area contributed by atoms with Gasteiger partial charge in [0.25, 0.3) is 5.78 Å². The number of nitrogens with one attached hydrogen (secondary N) is 1. The standard InChI is InChI=1S/C20H27N7O3S/c1-3-25(4-2)18-13-19(27-20(24-18)21-14-22-27)23-15-5-7-17(8-6-15)31(29,30)26-11-9-16(28)10-12-26/h5-8,13-14,16,23,28H,3-4,9-12H2,1-2H3. The molecular formula is C20H27N7O3S. The molecular weight excluding hydrogens is 418 g/mol. The number of aliphatic hydroxyl groups excluding tert-OH is 1. The zero-order valence-corrected chi connectivity index (χ0v) is 18.5. The van der Waals surface area contributed by atoms with E-state index in [2.05, 4.69) is 39.1 Å². The van der Waals surface area contributed by atoms with Gasteiger partial charge in [0.15, 0.2) is 0 Å². The first-order valence-electron chi connectivity index (χ1n) is 10.4. The number of benzene rings is 1. The molecule has 1 aliphatic heterocycles. The molecule has 10 nitrogen and oxygen atoms in total. The highest BCUT2D eigenvalue weighted by molar-refractivity contribution is 7.89. The molecule has 11 heteroatoms. The van der Waals surface area contributed by atoms with Crippen LogP contribution in [0.25, 0.3) is 5.78 Å². The smallest absolute Gasteiger partial charge is 0.256 e. The van der Waals surface area contributed by atoms with Gasteiger partial charge in [-0.15, -0.1) is 0 Å². The van der Waals surface area contributed by atoms with Gasteiger partial charge in [0.2, 0.25) is 10.0 Å². The van der Waals surface area contributed by atoms with Crippen LogP contribution in [0.15, 0.2) is 41.6 Å². The second-order valence-corrected chi connectivity index (χ2v) is 9.37. The van der Waals surface area contributed by atoms with Crippen molar-refractivity contribution < 1.29 is 13.5 Å². The first-order chi connectivity index (χ1) is 14.9. The number of nitrogens with zero attached hydrogens (tertiary/aromatic N) is 6. The molecule has 1 aliphatic rings. The van der Waals surface area contributed by atoms with Crippen LogP contribution in [-0.4, -0.2) is 69.7 Å². The van der Waals surface area contributed by atoms with Crippen molar-refractivity contribution in [2.24, 2.45) is 0 Å². The zero-order valence-electron chi connectivity index (χ0n) is 17.6. The highest BCUT2D eigenvalue weighted by Gasteiger charge is 2.28. The van der Waals surface area contributed by atoms with E-state index in [1.165, 1.54) is 10.6 Å². The van der Waals surface area contributed by atoms with Gasteiger partial charge in [-0.1, -0.05) is 0 Å². The lowest BCUT2D eigenvalue weighted by molar-refractivity contribution is 0.113. The number of aromatic nitrogens is 4. The number of piperidine rings is 1. The van der Waals surface area contributed by atoms with Crippen molar-refractivity contribution in [1.82, 2.24) is 23.9 Å². The molecule has 4 rings (SSSR count). The molecule has 0 spiro atoms. The quantitative estimate of drug-likeness (QED) is 0.566. The summed E-state index contributed by atoms with van der Waals surface area (Å²) in [5.41, 5.74) is 0.724. The summed E-state index contributed by atoms with van der Waals surface area (Å²) in [6.07, 6.45) is 1.95. The number of hydrogen-bond donors (Lipinski definition) is 2. The second kappa shape index (κ2) is 8.77. The Kier molecular flexibility index (Phi) is 6.08. The summed E-state index contributed by atoms with van der Waals surface area (Å²) in [7, 11) is -3.58. The molecule has 0 bridgehead atoms. The Bertz CT molecular complexity index is 1140. The van der Waals surface area contributed by atoms with E-state index in [0.717, 1.165) is 24.6 Å². The number of aliphatic hydroxyl groups is 1. The topological polar surface area (TPSA) is 116 Å². The van der Waals surface area contributed by atoms with Crippen LogP contribution in [-0.2, 0) is 10.0 Å². The highest BCUT2D eigenvalue weighted by Crippen LogP contribution is 2.25. The van der Waals surface area contributed by atoms with Crippen LogP contribution in [0.2, 0.25) is 0 Å². The molecule has 0 saturated carbocycles. The lowest BCUT2D eigenvalue weighted by Gasteiger charge is -2.28. The van der Waals surface area contributed by atoms with E-state index in [4.69, 9.17) is 0 Å². The summed E-state index contributed by atoms with van der Waals surface area (Å²) in [4.78, 5) is 11.1. The maximum atomic E-state index is 12.9. The Hall–Kier alpha value is -2.76. The number of rotatable bonds is 7. The predicted molar refractivity (Wildman–Crippen MR) is 118 cm³/mol. The molecule has 31 heavy (non-hydrogen) atoms. The molecule has 0 aliphatic carbocycles. The molecule has 0 radical (unpaired) electrons. The van der Waals surface area contributed by atoms with Crippen LogP contribution in [0.5, 0.6) is 0 Å². The Morgan fingerprint density at radius 1 is 1.16 bits per heavy atom. The molecule has 1 saturated heterocycles. The summed E-state index contributed by atoms with van der Waals surface area (Å²) < 4.78 is 28.8. The Labute approximate surface area is 181 Å². The van der Waals surface area contributed by atoms with E-state index >= 15 is 0 Å². The Morgan fingerprint density at radius 3 is 2.48 bits per heavy atom. The lowest BCUT2D eigenvalue weighted by Crippen LogP contribution is -2.39. The summed E-state index contributed by atoms with van der Waals surface area (Å²) in [5.74, 6) is 1.96. The van der Waals surface area contributed by atoms with Crippen LogP contribution in [0.4, 0.5) is 17.3 Å². The molecule has 0 unspecified atom stereocenters. The minimum atomic E-state index is -3.58. The van der Waals surface area contributed by atoms with Crippen molar-refractivity contribution >= 4 is 33.1 Å². The van der Waals surface area contributed by atoms with Gasteiger partial charge in [0.1, 0.15) is 18.0 Å². The van der Waals surface area contributed by atoms with E-state index in [1.807, 2.05) is 6.07 Å². The van der Waals surface area contributed by atoms with E-state index in [1.54, 1.807) is 28.8 Å². The van der Waals surface area contributed by atoms with Gasteiger partial charge >= 0.3 is 0 Å². The fourth-order valence-electron chi connectivity index (χ4n) is 3.69. The molecule has 3 aromatic rings. The fourth-order valence-corrected chi connectivity index (χ4v) is 5.16. The Balaban J connectivity index is 1.58. The van der Waals surface area contributed by atoms with Crippen molar-refractivity contribution in [3.05, 3.63) is 36.7 Å². The number of fused-ring (bicyclic) bond motifs is 1. The predicted octanol–water partition coefficient (Wildman–Crippen LogP) is 1.86. The Morgan fingerprint density at radius 2 is 1.84 bits per heavy atom. The maximum Gasteiger partial charge on any atom is 0.256 e. The molecule has 0 atom stereocenters. The summed E-state index contributed by atoms with van der Waals surface area (Å²) in [6, 6.07) is 8.54. The third-order valence-corrected chi connectivity index (χ3v) is 7.43. The van der Waals surface area contributed by atoms with Crippen LogP contribution < -0.4 is 10.2 Å². The van der Waals surface area contributed by atoms with Crippen LogP contribution in [0, 0.1) is 0 Å². The second-order valence-electron chi connectivity index (χ2n) is 7.43. The lowest BCUT2D eigenvalue weighted by atomic mass is 10.1. The van der Waals surface area contributed by atoms with E-state index in [9.17, 15) is 13.5 Å². The van der Waals surface area contributed by atoms with Gasteiger partial charge in [-0.2, -0.15) is 23.9 Å². The van der Waals surface area contributed by atoms with Gasteiger partial charge in [-0.25, -0.2) is 8.42 Å². The van der Waals surface area contributed by atoms with Gasteiger partial charge in [-0.3, -0.25) is 0 Å². The number of anilines is 3. The van der Waals surface area contributed by atoms with Crippen molar-refractivity contribution in [2.45, 2.75) is 37.7 Å². The van der Waals surface area contributed by atoms with E-state index in [0.29, 0.717) is 37.5 Å². The van der Waals surface area contributed by atoms with E-state index < -0.39 is 16.1 Å². The minimum Gasteiger partial charge on any atom is -0.393 e. The molecule has 2 N–H and O–H groups in total. The third kappa shape index (κ3) is 4.34. The van der Waals surface area contributed by atoms with Gasteiger partial charge < -0.3 is 15.3 Å².